The van der Waals surface area contributed by atoms with E-state index in [2.05, 4.69) is 35.5 Å². The standard InChI is InChI=1S/C27H32FN9O/c1-17-11-22(13-23-12-18(2)34-35-23)33-26(31-17)36-9-7-27(4,8-10-36)25(38)32-19(3)20-5-6-24(29-14-20)37-16-21(28)15-30-37/h5-6,11-12,14-16,19H,7-10,13H2,1-4H3,(H,32,38)(H,34,35)/t19-/m0/s1. The predicted octanol–water partition coefficient (Wildman–Crippen LogP) is 3.61. The number of anilines is 1. The molecule has 2 N–H and O–H groups in total. The predicted molar refractivity (Wildman–Crippen MR) is 140 cm³/mol. The van der Waals surface area contributed by atoms with Crippen molar-refractivity contribution in [1.29, 1.82) is 0 Å². The Balaban J connectivity index is 1.19. The number of piperidine rings is 1. The second-order valence-electron chi connectivity index (χ2n) is 10.3. The van der Waals surface area contributed by atoms with Crippen molar-refractivity contribution in [2.75, 3.05) is 18.0 Å². The highest BCUT2D eigenvalue weighted by Crippen LogP contribution is 2.33. The van der Waals surface area contributed by atoms with Crippen molar-refractivity contribution in [3.63, 3.8) is 0 Å². The Labute approximate surface area is 220 Å². The number of aryl methyl sites for hydroxylation is 2. The summed E-state index contributed by atoms with van der Waals surface area (Å²) in [6, 6.07) is 7.42. The lowest BCUT2D eigenvalue weighted by Crippen LogP contribution is -2.48. The van der Waals surface area contributed by atoms with Gasteiger partial charge >= 0.3 is 0 Å². The summed E-state index contributed by atoms with van der Waals surface area (Å²) >= 11 is 0. The number of hydrogen-bond acceptors (Lipinski definition) is 7. The van der Waals surface area contributed by atoms with Crippen LogP contribution >= 0.6 is 0 Å². The van der Waals surface area contributed by atoms with Crippen molar-refractivity contribution in [3.05, 3.63) is 77.0 Å². The van der Waals surface area contributed by atoms with Gasteiger partial charge in [0.1, 0.15) is 0 Å². The van der Waals surface area contributed by atoms with Crippen molar-refractivity contribution < 1.29 is 9.18 Å². The summed E-state index contributed by atoms with van der Waals surface area (Å²) < 4.78 is 14.6. The van der Waals surface area contributed by atoms with Crippen LogP contribution in [0.15, 0.2) is 42.9 Å². The van der Waals surface area contributed by atoms with Gasteiger partial charge in [0.15, 0.2) is 11.6 Å². The molecular formula is C27H32FN9O. The lowest BCUT2D eigenvalue weighted by molar-refractivity contribution is -0.132. The Hall–Kier alpha value is -4.15. The molecule has 1 fully saturated rings. The normalized spacial score (nSPS) is 15.9. The summed E-state index contributed by atoms with van der Waals surface area (Å²) in [6.07, 6.45) is 6.11. The van der Waals surface area contributed by atoms with Gasteiger partial charge in [0, 0.05) is 42.5 Å². The molecule has 38 heavy (non-hydrogen) atoms. The van der Waals surface area contributed by atoms with Gasteiger partial charge < -0.3 is 10.2 Å². The van der Waals surface area contributed by atoms with Gasteiger partial charge in [-0.05, 0) is 57.4 Å². The van der Waals surface area contributed by atoms with Gasteiger partial charge in [-0.2, -0.15) is 10.2 Å². The molecule has 0 radical (unpaired) electrons. The Kier molecular flexibility index (Phi) is 6.92. The molecule has 0 unspecified atom stereocenters. The Bertz CT molecular complexity index is 1420. The number of H-pyrrole nitrogens is 1. The molecule has 5 rings (SSSR count). The Morgan fingerprint density at radius 2 is 1.95 bits per heavy atom. The number of aromatic nitrogens is 7. The quantitative estimate of drug-likeness (QED) is 0.385. The van der Waals surface area contributed by atoms with Crippen LogP contribution in [0.5, 0.6) is 0 Å². The van der Waals surface area contributed by atoms with Crippen molar-refractivity contribution in [3.8, 4) is 5.82 Å². The van der Waals surface area contributed by atoms with Crippen LogP contribution in [0.25, 0.3) is 5.82 Å². The summed E-state index contributed by atoms with van der Waals surface area (Å²) in [5.74, 6) is 0.805. The zero-order valence-electron chi connectivity index (χ0n) is 22.1. The number of hydrogen-bond donors (Lipinski definition) is 2. The number of aromatic amines is 1. The second kappa shape index (κ2) is 10.3. The largest absolute Gasteiger partial charge is 0.349 e. The van der Waals surface area contributed by atoms with Crippen LogP contribution in [0.3, 0.4) is 0 Å². The highest BCUT2D eigenvalue weighted by molar-refractivity contribution is 5.83. The molecule has 1 amide bonds. The van der Waals surface area contributed by atoms with E-state index < -0.39 is 11.2 Å². The minimum absolute atomic E-state index is 0.0163. The number of rotatable bonds is 7. The first-order valence-corrected chi connectivity index (χ1v) is 12.8. The first-order valence-electron chi connectivity index (χ1n) is 12.8. The molecule has 0 bridgehead atoms. The van der Waals surface area contributed by atoms with E-state index in [0.717, 1.165) is 34.5 Å². The van der Waals surface area contributed by atoms with Crippen molar-refractivity contribution in [2.45, 2.75) is 53.0 Å². The molecule has 5 heterocycles. The van der Waals surface area contributed by atoms with E-state index in [1.54, 1.807) is 12.3 Å². The molecule has 1 atom stereocenters. The molecule has 1 aliphatic heterocycles. The van der Waals surface area contributed by atoms with E-state index in [1.807, 2.05) is 45.9 Å². The summed E-state index contributed by atoms with van der Waals surface area (Å²) in [7, 11) is 0. The lowest BCUT2D eigenvalue weighted by Gasteiger charge is -2.39. The third-order valence-corrected chi connectivity index (χ3v) is 7.12. The van der Waals surface area contributed by atoms with Gasteiger partial charge in [0.05, 0.1) is 29.8 Å². The maximum Gasteiger partial charge on any atom is 0.226 e. The van der Waals surface area contributed by atoms with Gasteiger partial charge in [-0.1, -0.05) is 13.0 Å². The van der Waals surface area contributed by atoms with Crippen molar-refractivity contribution in [1.82, 2.24) is 40.2 Å². The van der Waals surface area contributed by atoms with Crippen LogP contribution in [0.4, 0.5) is 10.3 Å². The maximum atomic E-state index is 13.3. The molecule has 0 aliphatic carbocycles. The van der Waals surface area contributed by atoms with Gasteiger partial charge in [-0.15, -0.1) is 0 Å². The molecular weight excluding hydrogens is 485 g/mol. The fourth-order valence-corrected chi connectivity index (χ4v) is 4.70. The smallest absolute Gasteiger partial charge is 0.226 e. The van der Waals surface area contributed by atoms with Crippen LogP contribution in [0, 0.1) is 25.1 Å². The molecule has 1 saturated heterocycles. The molecule has 4 aromatic heterocycles. The molecule has 10 nitrogen and oxygen atoms in total. The van der Waals surface area contributed by atoms with E-state index >= 15 is 0 Å². The molecule has 198 valence electrons. The fraction of sp³-hybridized carbons (Fsp3) is 0.407. The summed E-state index contributed by atoms with van der Waals surface area (Å²) in [5.41, 5.74) is 4.18. The zero-order valence-corrected chi connectivity index (χ0v) is 22.1. The Morgan fingerprint density at radius 3 is 2.58 bits per heavy atom. The second-order valence-corrected chi connectivity index (χ2v) is 10.3. The number of nitrogens with zero attached hydrogens (tertiary/aromatic N) is 7. The van der Waals surface area contributed by atoms with E-state index in [-0.39, 0.29) is 11.9 Å². The van der Waals surface area contributed by atoms with Gasteiger partial charge in [-0.3, -0.25) is 9.89 Å². The maximum absolute atomic E-state index is 13.3. The number of carbonyl (C=O) groups excluding carboxylic acids is 1. The van der Waals surface area contributed by atoms with Crippen LogP contribution in [0.1, 0.15) is 61.1 Å². The fourth-order valence-electron chi connectivity index (χ4n) is 4.70. The van der Waals surface area contributed by atoms with E-state index in [9.17, 15) is 9.18 Å². The van der Waals surface area contributed by atoms with Gasteiger partial charge in [0.25, 0.3) is 0 Å². The topological polar surface area (TPSA) is 118 Å². The molecule has 0 aromatic carbocycles. The monoisotopic (exact) mass is 517 g/mol. The zero-order chi connectivity index (χ0) is 26.9. The lowest BCUT2D eigenvalue weighted by atomic mass is 9.79. The average molecular weight is 518 g/mol. The third-order valence-electron chi connectivity index (χ3n) is 7.12. The van der Waals surface area contributed by atoms with Crippen LogP contribution in [-0.2, 0) is 11.2 Å². The minimum Gasteiger partial charge on any atom is -0.349 e. The minimum atomic E-state index is -0.496. The van der Waals surface area contributed by atoms with Crippen LogP contribution in [0.2, 0.25) is 0 Å². The van der Waals surface area contributed by atoms with Crippen LogP contribution < -0.4 is 10.2 Å². The van der Waals surface area contributed by atoms with E-state index in [1.165, 1.54) is 10.9 Å². The first-order chi connectivity index (χ1) is 18.2. The molecule has 11 heteroatoms. The van der Waals surface area contributed by atoms with E-state index in [0.29, 0.717) is 44.1 Å². The van der Waals surface area contributed by atoms with Crippen LogP contribution in [-0.4, -0.2) is 53.9 Å². The van der Waals surface area contributed by atoms with Gasteiger partial charge in [-0.25, -0.2) is 24.0 Å². The Morgan fingerprint density at radius 1 is 1.16 bits per heavy atom. The van der Waals surface area contributed by atoms with Crippen molar-refractivity contribution in [2.24, 2.45) is 5.41 Å². The molecule has 4 aromatic rings. The molecule has 0 saturated carbocycles. The molecule has 0 spiro atoms. The summed E-state index contributed by atoms with van der Waals surface area (Å²) in [6.45, 7) is 9.29. The third kappa shape index (κ3) is 5.56. The number of pyridine rings is 1. The average Bonchev–Trinajstić information content (AvgIpc) is 3.51. The van der Waals surface area contributed by atoms with E-state index in [4.69, 9.17) is 4.98 Å². The number of amides is 1. The number of nitrogens with one attached hydrogen (secondary N) is 2. The SMILES string of the molecule is Cc1cc(Cc2cc(C)[nH]n2)nc(N2CCC(C)(C(=O)N[C@@H](C)c3ccc(-n4cc(F)cn4)nc3)CC2)n1. The highest BCUT2D eigenvalue weighted by Gasteiger charge is 2.38. The number of carbonyl (C=O) groups is 1. The van der Waals surface area contributed by atoms with Crippen molar-refractivity contribution >= 4 is 11.9 Å². The first kappa shape index (κ1) is 25.5. The number of halogens is 1. The summed E-state index contributed by atoms with van der Waals surface area (Å²) in [4.78, 5) is 29.3. The summed E-state index contributed by atoms with van der Waals surface area (Å²) in [5, 5.41) is 14.4. The molecule has 1 aliphatic rings. The highest BCUT2D eigenvalue weighted by atomic mass is 19.1. The van der Waals surface area contributed by atoms with Gasteiger partial charge in [0.2, 0.25) is 11.9 Å².